The molecule has 0 aliphatic rings. The standard InChI is InChI=1S/C10H13N3/c1-9(12-8-13(2)11)10-6-4-3-5-7-10/h3-8H,1,11H2,2H3/b12-8-. The summed E-state index contributed by atoms with van der Waals surface area (Å²) in [5, 5.41) is 1.38. The van der Waals surface area contributed by atoms with Crippen molar-refractivity contribution in [2.24, 2.45) is 10.8 Å². The molecule has 0 bridgehead atoms. The molecule has 0 unspecified atom stereocenters. The lowest BCUT2D eigenvalue weighted by Gasteiger charge is -2.03. The van der Waals surface area contributed by atoms with E-state index in [0.29, 0.717) is 5.70 Å². The van der Waals surface area contributed by atoms with Gasteiger partial charge in [-0.3, -0.25) is 0 Å². The van der Waals surface area contributed by atoms with Gasteiger partial charge in [0.2, 0.25) is 0 Å². The Kier molecular flexibility index (Phi) is 3.23. The van der Waals surface area contributed by atoms with Crippen molar-refractivity contribution in [1.29, 1.82) is 0 Å². The second kappa shape index (κ2) is 4.42. The Morgan fingerprint density at radius 3 is 2.62 bits per heavy atom. The number of hydrogen-bond acceptors (Lipinski definition) is 2. The van der Waals surface area contributed by atoms with E-state index in [4.69, 9.17) is 5.84 Å². The molecule has 0 aliphatic heterocycles. The Balaban J connectivity index is 2.70. The topological polar surface area (TPSA) is 41.6 Å². The molecule has 0 spiro atoms. The average molecular weight is 175 g/mol. The van der Waals surface area contributed by atoms with Gasteiger partial charge in [0.1, 0.15) is 6.34 Å². The van der Waals surface area contributed by atoms with Crippen LogP contribution in [-0.2, 0) is 0 Å². The van der Waals surface area contributed by atoms with Gasteiger partial charge < -0.3 is 5.01 Å². The first kappa shape index (κ1) is 9.48. The van der Waals surface area contributed by atoms with Gasteiger partial charge in [-0.2, -0.15) is 0 Å². The zero-order chi connectivity index (χ0) is 9.68. The lowest BCUT2D eigenvalue weighted by atomic mass is 10.2. The number of hydrogen-bond donors (Lipinski definition) is 1. The molecule has 3 nitrogen and oxygen atoms in total. The van der Waals surface area contributed by atoms with E-state index in [9.17, 15) is 0 Å². The lowest BCUT2D eigenvalue weighted by molar-refractivity contribution is 0.556. The third kappa shape index (κ3) is 3.09. The molecule has 0 fully saturated rings. The highest BCUT2D eigenvalue weighted by molar-refractivity contribution is 5.71. The molecule has 2 N–H and O–H groups in total. The van der Waals surface area contributed by atoms with Gasteiger partial charge in [0.25, 0.3) is 0 Å². The zero-order valence-electron chi connectivity index (χ0n) is 7.64. The number of nitrogens with two attached hydrogens (primary N) is 1. The second-order valence-electron chi connectivity index (χ2n) is 2.72. The second-order valence-corrected chi connectivity index (χ2v) is 2.72. The number of hydrazine groups is 1. The summed E-state index contributed by atoms with van der Waals surface area (Å²) in [4.78, 5) is 4.08. The third-order valence-corrected chi connectivity index (χ3v) is 1.50. The molecule has 1 rings (SSSR count). The number of rotatable bonds is 3. The van der Waals surface area contributed by atoms with E-state index < -0.39 is 0 Å². The Morgan fingerprint density at radius 1 is 1.46 bits per heavy atom. The fourth-order valence-corrected chi connectivity index (χ4v) is 0.866. The van der Waals surface area contributed by atoms with Crippen LogP contribution in [0.1, 0.15) is 5.56 Å². The van der Waals surface area contributed by atoms with Crippen LogP contribution < -0.4 is 5.84 Å². The van der Waals surface area contributed by atoms with Gasteiger partial charge in [-0.15, -0.1) is 0 Å². The largest absolute Gasteiger partial charge is 0.304 e. The quantitative estimate of drug-likeness (QED) is 0.327. The van der Waals surface area contributed by atoms with Gasteiger partial charge in [-0.05, 0) is 5.56 Å². The van der Waals surface area contributed by atoms with Crippen molar-refractivity contribution in [3.63, 3.8) is 0 Å². The van der Waals surface area contributed by atoms with Crippen molar-refractivity contribution in [1.82, 2.24) is 5.01 Å². The van der Waals surface area contributed by atoms with Crippen molar-refractivity contribution in [2.75, 3.05) is 7.05 Å². The lowest BCUT2D eigenvalue weighted by Crippen LogP contribution is -2.23. The van der Waals surface area contributed by atoms with Crippen molar-refractivity contribution in [3.05, 3.63) is 42.5 Å². The van der Waals surface area contributed by atoms with Gasteiger partial charge >= 0.3 is 0 Å². The molecule has 0 heterocycles. The van der Waals surface area contributed by atoms with Gasteiger partial charge in [0.05, 0.1) is 5.70 Å². The van der Waals surface area contributed by atoms with E-state index in [1.807, 2.05) is 30.3 Å². The minimum Gasteiger partial charge on any atom is -0.304 e. The molecule has 0 radical (unpaired) electrons. The van der Waals surface area contributed by atoms with Crippen molar-refractivity contribution in [3.8, 4) is 0 Å². The molecule has 0 atom stereocenters. The minimum absolute atomic E-state index is 0.706. The van der Waals surface area contributed by atoms with Crippen molar-refractivity contribution in [2.45, 2.75) is 0 Å². The molecule has 1 aromatic carbocycles. The normalized spacial score (nSPS) is 10.3. The van der Waals surface area contributed by atoms with Gasteiger partial charge in [-0.1, -0.05) is 36.9 Å². The molecule has 0 aromatic heterocycles. The smallest absolute Gasteiger partial charge is 0.105 e. The van der Waals surface area contributed by atoms with Crippen LogP contribution in [0.3, 0.4) is 0 Å². The SMILES string of the molecule is C=C(/N=C\N(C)N)c1ccccc1. The molecule has 1 aromatic rings. The molecule has 0 aliphatic carbocycles. The molecular weight excluding hydrogens is 162 g/mol. The first-order valence-corrected chi connectivity index (χ1v) is 3.96. The van der Waals surface area contributed by atoms with Gasteiger partial charge in [-0.25, -0.2) is 10.8 Å². The van der Waals surface area contributed by atoms with E-state index in [0.717, 1.165) is 5.56 Å². The first-order valence-electron chi connectivity index (χ1n) is 3.96. The Hall–Kier alpha value is -1.61. The van der Waals surface area contributed by atoms with Crippen LogP contribution in [0.4, 0.5) is 0 Å². The van der Waals surface area contributed by atoms with Crippen molar-refractivity contribution >= 4 is 12.0 Å². The fraction of sp³-hybridized carbons (Fsp3) is 0.100. The van der Waals surface area contributed by atoms with E-state index in [1.54, 1.807) is 7.05 Å². The maximum atomic E-state index is 5.36. The average Bonchev–Trinajstić information content (AvgIpc) is 2.15. The molecule has 0 saturated heterocycles. The maximum absolute atomic E-state index is 5.36. The number of benzene rings is 1. The molecule has 0 amide bonds. The Bertz CT molecular complexity index is 301. The summed E-state index contributed by atoms with van der Waals surface area (Å²) < 4.78 is 0. The van der Waals surface area contributed by atoms with E-state index in [1.165, 1.54) is 11.3 Å². The summed E-state index contributed by atoms with van der Waals surface area (Å²) >= 11 is 0. The van der Waals surface area contributed by atoms with Crippen LogP contribution in [0, 0.1) is 0 Å². The van der Waals surface area contributed by atoms with Crippen LogP contribution in [0.5, 0.6) is 0 Å². The summed E-state index contributed by atoms with van der Waals surface area (Å²) in [7, 11) is 1.71. The van der Waals surface area contributed by atoms with Crippen LogP contribution >= 0.6 is 0 Å². The van der Waals surface area contributed by atoms with Crippen LogP contribution in [0.15, 0.2) is 41.9 Å². The van der Waals surface area contributed by atoms with Crippen LogP contribution in [-0.4, -0.2) is 18.4 Å². The highest BCUT2D eigenvalue weighted by Gasteiger charge is 1.92. The summed E-state index contributed by atoms with van der Waals surface area (Å²) in [5.74, 6) is 5.36. The highest BCUT2D eigenvalue weighted by atomic mass is 15.4. The summed E-state index contributed by atoms with van der Waals surface area (Å²) in [5.41, 5.74) is 1.71. The molecule has 3 heteroatoms. The predicted molar refractivity (Wildman–Crippen MR) is 55.9 cm³/mol. The first-order chi connectivity index (χ1) is 6.20. The maximum Gasteiger partial charge on any atom is 0.105 e. The van der Waals surface area contributed by atoms with E-state index in [-0.39, 0.29) is 0 Å². The molecule has 13 heavy (non-hydrogen) atoms. The zero-order valence-corrected chi connectivity index (χ0v) is 7.64. The van der Waals surface area contributed by atoms with Crippen LogP contribution in [0.25, 0.3) is 5.70 Å². The predicted octanol–water partition coefficient (Wildman–Crippen LogP) is 1.49. The summed E-state index contributed by atoms with van der Waals surface area (Å²) in [6.07, 6.45) is 1.52. The van der Waals surface area contributed by atoms with Gasteiger partial charge in [0.15, 0.2) is 0 Å². The van der Waals surface area contributed by atoms with Crippen LogP contribution in [0.2, 0.25) is 0 Å². The minimum atomic E-state index is 0.706. The monoisotopic (exact) mass is 175 g/mol. The molecule has 0 saturated carbocycles. The van der Waals surface area contributed by atoms with E-state index >= 15 is 0 Å². The number of aliphatic imine (C=N–C) groups is 1. The van der Waals surface area contributed by atoms with Gasteiger partial charge in [0, 0.05) is 7.05 Å². The van der Waals surface area contributed by atoms with E-state index in [2.05, 4.69) is 11.6 Å². The number of nitrogens with zero attached hydrogens (tertiary/aromatic N) is 2. The fourth-order valence-electron chi connectivity index (χ4n) is 0.866. The molecular formula is C10H13N3. The summed E-state index contributed by atoms with van der Waals surface area (Å²) in [6, 6.07) is 9.76. The Morgan fingerprint density at radius 2 is 2.08 bits per heavy atom. The third-order valence-electron chi connectivity index (χ3n) is 1.50. The molecule has 68 valence electrons. The summed E-state index contributed by atoms with van der Waals surface area (Å²) in [6.45, 7) is 3.82. The highest BCUT2D eigenvalue weighted by Crippen LogP contribution is 2.11. The Labute approximate surface area is 78.2 Å². The van der Waals surface area contributed by atoms with Crippen molar-refractivity contribution < 1.29 is 0 Å².